The molecule has 2 N–H and O–H groups in total. The summed E-state index contributed by atoms with van der Waals surface area (Å²) in [5, 5.41) is 11.9. The minimum atomic E-state index is -1.01. The van der Waals surface area contributed by atoms with Gasteiger partial charge in [-0.05, 0) is 30.9 Å². The van der Waals surface area contributed by atoms with E-state index in [1.165, 1.54) is 6.07 Å². The average Bonchev–Trinajstić information content (AvgIpc) is 2.47. The van der Waals surface area contributed by atoms with Crippen LogP contribution in [-0.4, -0.2) is 41.1 Å². The molecule has 0 radical (unpaired) electrons. The lowest BCUT2D eigenvalue weighted by molar-refractivity contribution is -0.124. The number of pyridine rings is 1. The van der Waals surface area contributed by atoms with Crippen LogP contribution in [0.5, 0.6) is 0 Å². The lowest BCUT2D eigenvalue weighted by atomic mass is 9.85. The van der Waals surface area contributed by atoms with E-state index in [9.17, 15) is 9.59 Å². The highest BCUT2D eigenvalue weighted by Crippen LogP contribution is 2.28. The first-order valence-electron chi connectivity index (χ1n) is 6.87. The highest BCUT2D eigenvalue weighted by molar-refractivity contribution is 5.85. The number of hydrogen-bond donors (Lipinski definition) is 2. The van der Waals surface area contributed by atoms with Crippen LogP contribution in [0.1, 0.15) is 29.8 Å². The molecule has 0 saturated carbocycles. The van der Waals surface area contributed by atoms with E-state index in [1.54, 1.807) is 12.3 Å². The number of amides is 1. The summed E-state index contributed by atoms with van der Waals surface area (Å²) in [7, 11) is 0. The normalized spacial score (nSPS) is 25.8. The lowest BCUT2D eigenvalue weighted by Gasteiger charge is -2.42. The molecule has 2 atom stereocenters. The Morgan fingerprint density at radius 2 is 2.25 bits per heavy atom. The van der Waals surface area contributed by atoms with Crippen molar-refractivity contribution >= 4 is 17.6 Å². The molecular weight excluding hydrogens is 258 g/mol. The van der Waals surface area contributed by atoms with Gasteiger partial charge in [-0.25, -0.2) is 9.78 Å². The maximum atomic E-state index is 11.4. The van der Waals surface area contributed by atoms with Crippen molar-refractivity contribution in [3.05, 3.63) is 24.0 Å². The summed E-state index contributed by atoms with van der Waals surface area (Å²) in [5.41, 5.74) is 1.01. The van der Waals surface area contributed by atoms with Crippen molar-refractivity contribution in [2.45, 2.75) is 25.3 Å². The van der Waals surface area contributed by atoms with Crippen molar-refractivity contribution in [1.29, 1.82) is 0 Å². The monoisotopic (exact) mass is 275 g/mol. The summed E-state index contributed by atoms with van der Waals surface area (Å²) in [6.07, 6.45) is 4.07. The number of carbonyl (C=O) groups is 2. The minimum Gasteiger partial charge on any atom is -0.477 e. The molecule has 2 unspecified atom stereocenters. The number of piperidine rings is 2. The van der Waals surface area contributed by atoms with Gasteiger partial charge in [0.05, 0.1) is 11.9 Å². The molecule has 6 heteroatoms. The highest BCUT2D eigenvalue weighted by atomic mass is 16.4. The first kappa shape index (κ1) is 12.9. The molecule has 0 bridgehead atoms. The van der Waals surface area contributed by atoms with E-state index in [4.69, 9.17) is 5.11 Å². The zero-order valence-corrected chi connectivity index (χ0v) is 11.1. The molecule has 3 rings (SSSR count). The van der Waals surface area contributed by atoms with Crippen LogP contribution in [0.15, 0.2) is 18.3 Å². The Hall–Kier alpha value is -2.11. The van der Waals surface area contributed by atoms with Crippen LogP contribution < -0.4 is 10.2 Å². The quantitative estimate of drug-likeness (QED) is 0.837. The fourth-order valence-corrected chi connectivity index (χ4v) is 3.04. The lowest BCUT2D eigenvalue weighted by Crippen LogP contribution is -2.54. The van der Waals surface area contributed by atoms with Gasteiger partial charge in [0.2, 0.25) is 5.91 Å². The van der Waals surface area contributed by atoms with Gasteiger partial charge in [-0.2, -0.15) is 0 Å². The molecule has 2 saturated heterocycles. The summed E-state index contributed by atoms with van der Waals surface area (Å²) in [5.74, 6) is -0.377. The molecule has 106 valence electrons. The number of aromatic carboxylic acids is 1. The maximum absolute atomic E-state index is 11.4. The van der Waals surface area contributed by atoms with E-state index in [-0.39, 0.29) is 11.6 Å². The Kier molecular flexibility index (Phi) is 3.30. The van der Waals surface area contributed by atoms with Gasteiger partial charge < -0.3 is 15.3 Å². The maximum Gasteiger partial charge on any atom is 0.354 e. The number of anilines is 1. The Balaban J connectivity index is 1.69. The standard InChI is InChI=1S/C14H17N3O3/c18-13-4-1-9-8-17(6-5-11(9)16-13)10-2-3-12(14(19)20)15-7-10/h2-3,7,9,11H,1,4-6,8H2,(H,16,18)(H,19,20). The molecule has 1 amide bonds. The van der Waals surface area contributed by atoms with Crippen molar-refractivity contribution in [3.63, 3.8) is 0 Å². The molecular formula is C14H17N3O3. The van der Waals surface area contributed by atoms with Crippen LogP contribution in [0.25, 0.3) is 0 Å². The number of rotatable bonds is 2. The Morgan fingerprint density at radius 1 is 1.40 bits per heavy atom. The fourth-order valence-electron chi connectivity index (χ4n) is 3.04. The number of fused-ring (bicyclic) bond motifs is 1. The van der Waals surface area contributed by atoms with Crippen LogP contribution in [0.3, 0.4) is 0 Å². The van der Waals surface area contributed by atoms with Gasteiger partial charge in [0.1, 0.15) is 5.69 Å². The van der Waals surface area contributed by atoms with Gasteiger partial charge in [-0.1, -0.05) is 0 Å². The summed E-state index contributed by atoms with van der Waals surface area (Å²) < 4.78 is 0. The predicted octanol–water partition coefficient (Wildman–Crippen LogP) is 0.885. The van der Waals surface area contributed by atoms with E-state index in [0.29, 0.717) is 18.4 Å². The van der Waals surface area contributed by atoms with Gasteiger partial charge in [0, 0.05) is 25.6 Å². The van der Waals surface area contributed by atoms with E-state index in [2.05, 4.69) is 15.2 Å². The van der Waals surface area contributed by atoms with Gasteiger partial charge in [0.25, 0.3) is 0 Å². The second-order valence-corrected chi connectivity index (χ2v) is 5.41. The van der Waals surface area contributed by atoms with Gasteiger partial charge in [-0.15, -0.1) is 0 Å². The Labute approximate surface area is 116 Å². The SMILES string of the molecule is O=C1CCC2CN(c3ccc(C(=O)O)nc3)CCC2N1. The minimum absolute atomic E-state index is 0.0635. The van der Waals surface area contributed by atoms with Crippen molar-refractivity contribution in [2.75, 3.05) is 18.0 Å². The number of carbonyl (C=O) groups excluding carboxylic acids is 1. The summed E-state index contributed by atoms with van der Waals surface area (Å²) >= 11 is 0. The number of carboxylic acids is 1. The first-order chi connectivity index (χ1) is 9.63. The van der Waals surface area contributed by atoms with Gasteiger partial charge >= 0.3 is 5.97 Å². The Bertz CT molecular complexity index is 529. The zero-order valence-electron chi connectivity index (χ0n) is 11.1. The summed E-state index contributed by atoms with van der Waals surface area (Å²) in [6, 6.07) is 3.63. The summed E-state index contributed by atoms with van der Waals surface area (Å²) in [4.78, 5) is 28.3. The predicted molar refractivity (Wildman–Crippen MR) is 72.7 cm³/mol. The van der Waals surface area contributed by atoms with E-state index in [1.807, 2.05) is 0 Å². The molecule has 2 aliphatic heterocycles. The Morgan fingerprint density at radius 3 is 2.95 bits per heavy atom. The van der Waals surface area contributed by atoms with Crippen LogP contribution in [0.4, 0.5) is 5.69 Å². The fraction of sp³-hybridized carbons (Fsp3) is 0.500. The number of aromatic nitrogens is 1. The van der Waals surface area contributed by atoms with E-state index < -0.39 is 5.97 Å². The number of nitrogens with one attached hydrogen (secondary N) is 1. The molecule has 1 aromatic rings. The second kappa shape index (κ2) is 5.11. The molecule has 1 aromatic heterocycles. The van der Waals surface area contributed by atoms with Crippen molar-refractivity contribution < 1.29 is 14.7 Å². The van der Waals surface area contributed by atoms with E-state index >= 15 is 0 Å². The second-order valence-electron chi connectivity index (χ2n) is 5.41. The largest absolute Gasteiger partial charge is 0.477 e. The molecule has 0 aliphatic carbocycles. The van der Waals surface area contributed by atoms with Gasteiger partial charge in [-0.3, -0.25) is 4.79 Å². The number of hydrogen-bond acceptors (Lipinski definition) is 4. The third-order valence-electron chi connectivity index (χ3n) is 4.15. The molecule has 20 heavy (non-hydrogen) atoms. The van der Waals surface area contributed by atoms with Gasteiger partial charge in [0.15, 0.2) is 0 Å². The molecule has 0 spiro atoms. The van der Waals surface area contributed by atoms with Crippen molar-refractivity contribution in [2.24, 2.45) is 5.92 Å². The van der Waals surface area contributed by atoms with E-state index in [0.717, 1.165) is 31.6 Å². The van der Waals surface area contributed by atoms with Crippen LogP contribution in [0.2, 0.25) is 0 Å². The smallest absolute Gasteiger partial charge is 0.354 e. The molecule has 2 fully saturated rings. The molecule has 6 nitrogen and oxygen atoms in total. The highest BCUT2D eigenvalue weighted by Gasteiger charge is 2.33. The average molecular weight is 275 g/mol. The molecule has 2 aliphatic rings. The van der Waals surface area contributed by atoms with Crippen LogP contribution in [0, 0.1) is 5.92 Å². The van der Waals surface area contributed by atoms with Crippen molar-refractivity contribution in [1.82, 2.24) is 10.3 Å². The summed E-state index contributed by atoms with van der Waals surface area (Å²) in [6.45, 7) is 1.74. The zero-order chi connectivity index (χ0) is 14.1. The molecule has 3 heterocycles. The topological polar surface area (TPSA) is 82.5 Å². The van der Waals surface area contributed by atoms with Crippen LogP contribution in [-0.2, 0) is 4.79 Å². The number of nitrogens with zero attached hydrogens (tertiary/aromatic N) is 2. The van der Waals surface area contributed by atoms with Crippen molar-refractivity contribution in [3.8, 4) is 0 Å². The first-order valence-corrected chi connectivity index (χ1v) is 6.87. The van der Waals surface area contributed by atoms with Crippen LogP contribution >= 0.6 is 0 Å². The third kappa shape index (κ3) is 2.45. The number of carboxylic acid groups (broad SMARTS) is 1. The third-order valence-corrected chi connectivity index (χ3v) is 4.15. The molecule has 0 aromatic carbocycles.